The molecule has 0 spiro atoms. The Balaban J connectivity index is 2.89. The van der Waals surface area contributed by atoms with Crippen molar-refractivity contribution in [1.29, 1.82) is 5.26 Å². The van der Waals surface area contributed by atoms with Crippen LogP contribution in [0.5, 0.6) is 0 Å². The van der Waals surface area contributed by atoms with Gasteiger partial charge >= 0.3 is 0 Å². The number of rotatable bonds is 3. The van der Waals surface area contributed by atoms with Gasteiger partial charge in [0.1, 0.15) is 5.92 Å². The fourth-order valence-corrected chi connectivity index (χ4v) is 1.35. The van der Waals surface area contributed by atoms with Crippen molar-refractivity contribution in [2.24, 2.45) is 0 Å². The summed E-state index contributed by atoms with van der Waals surface area (Å²) in [6, 6.07) is 11.0. The van der Waals surface area contributed by atoms with Crippen molar-refractivity contribution in [1.82, 2.24) is 4.90 Å². The Bertz CT molecular complexity index is 439. The average Bonchev–Trinajstić information content (AvgIpc) is 2.31. The molecule has 0 saturated heterocycles. The molecule has 1 atom stereocenters. The summed E-state index contributed by atoms with van der Waals surface area (Å²) >= 11 is 0. The minimum absolute atomic E-state index is 0.212. The highest BCUT2D eigenvalue weighted by Crippen LogP contribution is 2.16. The summed E-state index contributed by atoms with van der Waals surface area (Å²) in [5.41, 5.74) is 0.693. The second-order valence-corrected chi connectivity index (χ2v) is 3.37. The van der Waals surface area contributed by atoms with Crippen molar-refractivity contribution < 1.29 is 4.79 Å². The lowest BCUT2D eigenvalue weighted by Gasteiger charge is -2.17. The third-order valence-electron chi connectivity index (χ3n) is 2.21. The first-order valence-electron chi connectivity index (χ1n) is 4.83. The molecular weight excluding hydrogens is 200 g/mol. The number of terminal acetylenes is 1. The van der Waals surface area contributed by atoms with Gasteiger partial charge in [0.15, 0.2) is 0 Å². The van der Waals surface area contributed by atoms with Crippen LogP contribution in [0.25, 0.3) is 0 Å². The number of likely N-dealkylation sites (N-methyl/N-ethyl adjacent to an activating group) is 1. The summed E-state index contributed by atoms with van der Waals surface area (Å²) in [7, 11) is 1.59. The Labute approximate surface area is 95.3 Å². The van der Waals surface area contributed by atoms with E-state index in [9.17, 15) is 4.79 Å². The quantitative estimate of drug-likeness (QED) is 0.710. The Morgan fingerprint density at radius 3 is 2.62 bits per heavy atom. The van der Waals surface area contributed by atoms with E-state index < -0.39 is 5.92 Å². The molecule has 0 bridgehead atoms. The maximum Gasteiger partial charge on any atom is 0.244 e. The standard InChI is InChI=1S/C13H12N2O/c1-3-9-15(2)13(16)12(10-14)11-7-5-4-6-8-11/h1,4-8,12H,9H2,2H3. The van der Waals surface area contributed by atoms with Crippen LogP contribution in [0.2, 0.25) is 0 Å². The molecule has 0 saturated carbocycles. The number of nitrogens with zero attached hydrogens (tertiary/aromatic N) is 2. The molecule has 3 heteroatoms. The highest BCUT2D eigenvalue weighted by atomic mass is 16.2. The van der Waals surface area contributed by atoms with Crippen molar-refractivity contribution in [3.63, 3.8) is 0 Å². The summed E-state index contributed by atoms with van der Waals surface area (Å²) in [5, 5.41) is 9.02. The number of carbonyl (C=O) groups excluding carboxylic acids is 1. The lowest BCUT2D eigenvalue weighted by molar-refractivity contribution is -0.129. The van der Waals surface area contributed by atoms with Crippen LogP contribution in [-0.4, -0.2) is 24.4 Å². The van der Waals surface area contributed by atoms with E-state index in [1.807, 2.05) is 12.1 Å². The van der Waals surface area contributed by atoms with Gasteiger partial charge in [-0.25, -0.2) is 0 Å². The van der Waals surface area contributed by atoms with Crippen molar-refractivity contribution >= 4 is 5.91 Å². The molecule has 0 fully saturated rings. The van der Waals surface area contributed by atoms with E-state index in [0.29, 0.717) is 5.56 Å². The third kappa shape index (κ3) is 2.62. The molecule has 0 aliphatic carbocycles. The SMILES string of the molecule is C#CCN(C)C(=O)C(C#N)c1ccccc1. The van der Waals surface area contributed by atoms with Gasteiger partial charge < -0.3 is 4.90 Å². The molecular formula is C13H12N2O. The zero-order valence-electron chi connectivity index (χ0n) is 9.05. The molecule has 1 unspecified atom stereocenters. The highest BCUT2D eigenvalue weighted by molar-refractivity contribution is 5.86. The van der Waals surface area contributed by atoms with Gasteiger partial charge in [-0.1, -0.05) is 36.3 Å². The summed E-state index contributed by atoms with van der Waals surface area (Å²) in [4.78, 5) is 13.2. The van der Waals surface area contributed by atoms with E-state index in [1.165, 1.54) is 4.90 Å². The smallest absolute Gasteiger partial charge is 0.244 e. The first kappa shape index (κ1) is 11.8. The molecule has 0 N–H and O–H groups in total. The van der Waals surface area contributed by atoms with Crippen molar-refractivity contribution in [3.8, 4) is 18.4 Å². The van der Waals surface area contributed by atoms with E-state index in [0.717, 1.165) is 0 Å². The van der Waals surface area contributed by atoms with Gasteiger partial charge in [-0.05, 0) is 5.56 Å². The molecule has 0 aromatic heterocycles. The maximum absolute atomic E-state index is 11.9. The number of benzene rings is 1. The molecule has 0 aliphatic heterocycles. The van der Waals surface area contributed by atoms with E-state index in [2.05, 4.69) is 5.92 Å². The molecule has 3 nitrogen and oxygen atoms in total. The average molecular weight is 212 g/mol. The van der Waals surface area contributed by atoms with Crippen LogP contribution in [0.4, 0.5) is 0 Å². The van der Waals surface area contributed by atoms with Crippen LogP contribution >= 0.6 is 0 Å². The topological polar surface area (TPSA) is 44.1 Å². The van der Waals surface area contributed by atoms with Crippen LogP contribution < -0.4 is 0 Å². The van der Waals surface area contributed by atoms with Crippen molar-refractivity contribution in [2.75, 3.05) is 13.6 Å². The molecule has 1 aromatic carbocycles. The van der Waals surface area contributed by atoms with Crippen LogP contribution in [0.1, 0.15) is 11.5 Å². The van der Waals surface area contributed by atoms with E-state index in [-0.39, 0.29) is 12.5 Å². The summed E-state index contributed by atoms with van der Waals surface area (Å²) in [6.45, 7) is 0.212. The Hall–Kier alpha value is -2.26. The fraction of sp³-hybridized carbons (Fsp3) is 0.231. The van der Waals surface area contributed by atoms with Crippen molar-refractivity contribution in [2.45, 2.75) is 5.92 Å². The van der Waals surface area contributed by atoms with Gasteiger partial charge in [-0.15, -0.1) is 6.42 Å². The predicted octanol–water partition coefficient (Wildman–Crippen LogP) is 1.39. The highest BCUT2D eigenvalue weighted by Gasteiger charge is 2.22. The minimum atomic E-state index is -0.778. The predicted molar refractivity (Wildman–Crippen MR) is 61.3 cm³/mol. The molecule has 0 heterocycles. The first-order chi connectivity index (χ1) is 7.70. The second kappa shape index (κ2) is 5.58. The summed E-state index contributed by atoms with van der Waals surface area (Å²) in [6.07, 6.45) is 5.12. The van der Waals surface area contributed by atoms with E-state index >= 15 is 0 Å². The number of amides is 1. The van der Waals surface area contributed by atoms with E-state index in [1.54, 1.807) is 31.3 Å². The maximum atomic E-state index is 11.9. The van der Waals surface area contributed by atoms with Gasteiger partial charge in [0.25, 0.3) is 0 Å². The van der Waals surface area contributed by atoms with Crippen LogP contribution in [0.15, 0.2) is 30.3 Å². The Kier molecular flexibility index (Phi) is 4.12. The normalized spacial score (nSPS) is 10.9. The minimum Gasteiger partial charge on any atom is -0.333 e. The second-order valence-electron chi connectivity index (χ2n) is 3.37. The van der Waals surface area contributed by atoms with Crippen LogP contribution in [0.3, 0.4) is 0 Å². The molecule has 1 amide bonds. The first-order valence-corrected chi connectivity index (χ1v) is 4.83. The van der Waals surface area contributed by atoms with Crippen LogP contribution in [-0.2, 0) is 4.79 Å². The van der Waals surface area contributed by atoms with Gasteiger partial charge in [0.2, 0.25) is 5.91 Å². The molecule has 1 aromatic rings. The lowest BCUT2D eigenvalue weighted by Crippen LogP contribution is -2.31. The molecule has 16 heavy (non-hydrogen) atoms. The van der Waals surface area contributed by atoms with Gasteiger partial charge in [0, 0.05) is 7.05 Å². The summed E-state index contributed by atoms with van der Waals surface area (Å²) < 4.78 is 0. The van der Waals surface area contributed by atoms with Gasteiger partial charge in [-0.2, -0.15) is 5.26 Å². The van der Waals surface area contributed by atoms with Gasteiger partial charge in [0.05, 0.1) is 12.6 Å². The monoisotopic (exact) mass is 212 g/mol. The van der Waals surface area contributed by atoms with Gasteiger partial charge in [-0.3, -0.25) is 4.79 Å². The number of nitriles is 1. The Morgan fingerprint density at radius 2 is 2.12 bits per heavy atom. The molecule has 1 rings (SSSR count). The molecule has 0 aliphatic rings. The fourth-order valence-electron chi connectivity index (χ4n) is 1.35. The summed E-state index contributed by atoms with van der Waals surface area (Å²) in [5.74, 6) is 1.32. The number of hydrogen-bond acceptors (Lipinski definition) is 2. The zero-order valence-corrected chi connectivity index (χ0v) is 9.05. The van der Waals surface area contributed by atoms with E-state index in [4.69, 9.17) is 11.7 Å². The third-order valence-corrected chi connectivity index (χ3v) is 2.21. The lowest BCUT2D eigenvalue weighted by atomic mass is 9.99. The Morgan fingerprint density at radius 1 is 1.50 bits per heavy atom. The largest absolute Gasteiger partial charge is 0.333 e. The zero-order chi connectivity index (χ0) is 12.0. The number of carbonyl (C=O) groups is 1. The molecule has 0 radical (unpaired) electrons. The van der Waals surface area contributed by atoms with Crippen LogP contribution in [0, 0.1) is 23.7 Å². The number of hydrogen-bond donors (Lipinski definition) is 0. The molecule has 80 valence electrons. The van der Waals surface area contributed by atoms with Crippen molar-refractivity contribution in [3.05, 3.63) is 35.9 Å².